The molecule has 1 aromatic heterocycles. The Morgan fingerprint density at radius 2 is 2.08 bits per heavy atom. The van der Waals surface area contributed by atoms with Gasteiger partial charge in [0, 0.05) is 17.1 Å². The summed E-state index contributed by atoms with van der Waals surface area (Å²) in [4.78, 5) is 22.8. The van der Waals surface area contributed by atoms with Crippen LogP contribution in [0.2, 0.25) is 0 Å². The number of hydrogen-bond donors (Lipinski definition) is 1. The third kappa shape index (κ3) is 3.34. The highest BCUT2D eigenvalue weighted by Crippen LogP contribution is 2.30. The van der Waals surface area contributed by atoms with Gasteiger partial charge in [0.05, 0.1) is 18.5 Å². The fourth-order valence-electron chi connectivity index (χ4n) is 2.83. The van der Waals surface area contributed by atoms with E-state index in [1.165, 1.54) is 19.2 Å². The van der Waals surface area contributed by atoms with E-state index in [0.717, 1.165) is 16.5 Å². The highest BCUT2D eigenvalue weighted by atomic mass is 16.6. The van der Waals surface area contributed by atoms with Gasteiger partial charge in [0.1, 0.15) is 5.69 Å². The molecule has 8 nitrogen and oxygen atoms in total. The van der Waals surface area contributed by atoms with Crippen LogP contribution < -0.4 is 10.1 Å². The first-order valence-corrected chi connectivity index (χ1v) is 7.87. The standard InChI is InChI=1S/C18H17N3O5/c1-10-6-11(2)18-13(7-10)14(20-26-18)9-17(22)19-12-4-5-16(25-3)15(8-12)21(23)24/h4-8H,9H2,1-3H3,(H,19,22). The quantitative estimate of drug-likeness (QED) is 0.554. The lowest BCUT2D eigenvalue weighted by atomic mass is 10.1. The Balaban J connectivity index is 1.82. The van der Waals surface area contributed by atoms with E-state index < -0.39 is 4.92 Å². The molecule has 2 aromatic carbocycles. The van der Waals surface area contributed by atoms with Crippen LogP contribution >= 0.6 is 0 Å². The van der Waals surface area contributed by atoms with Crippen molar-refractivity contribution in [1.29, 1.82) is 0 Å². The monoisotopic (exact) mass is 355 g/mol. The van der Waals surface area contributed by atoms with Gasteiger partial charge in [-0.15, -0.1) is 0 Å². The molecule has 134 valence electrons. The van der Waals surface area contributed by atoms with Crippen LogP contribution in [0.4, 0.5) is 11.4 Å². The van der Waals surface area contributed by atoms with Crippen LogP contribution in [-0.4, -0.2) is 23.1 Å². The van der Waals surface area contributed by atoms with Crippen molar-refractivity contribution in [2.24, 2.45) is 0 Å². The van der Waals surface area contributed by atoms with Crippen molar-refractivity contribution >= 4 is 28.3 Å². The number of anilines is 1. The molecule has 26 heavy (non-hydrogen) atoms. The molecule has 1 N–H and O–H groups in total. The Kier molecular flexibility index (Phi) is 4.57. The number of methoxy groups -OCH3 is 1. The molecule has 0 radical (unpaired) electrons. The molecule has 1 amide bonds. The van der Waals surface area contributed by atoms with Crippen molar-refractivity contribution in [3.63, 3.8) is 0 Å². The molecule has 0 aliphatic heterocycles. The minimum atomic E-state index is -0.564. The molecule has 8 heteroatoms. The Hall–Kier alpha value is -3.42. The number of nitro groups is 1. The molecule has 0 unspecified atom stereocenters. The Morgan fingerprint density at radius 3 is 2.77 bits per heavy atom. The van der Waals surface area contributed by atoms with Crippen molar-refractivity contribution in [3.8, 4) is 5.75 Å². The van der Waals surface area contributed by atoms with Crippen molar-refractivity contribution in [1.82, 2.24) is 5.16 Å². The third-order valence-corrected chi connectivity index (χ3v) is 3.96. The number of amides is 1. The van der Waals surface area contributed by atoms with Gasteiger partial charge in [-0.25, -0.2) is 0 Å². The van der Waals surface area contributed by atoms with Gasteiger partial charge in [0.15, 0.2) is 11.3 Å². The maximum Gasteiger partial charge on any atom is 0.312 e. The van der Waals surface area contributed by atoms with Crippen LogP contribution in [0.5, 0.6) is 5.75 Å². The summed E-state index contributed by atoms with van der Waals surface area (Å²) in [7, 11) is 1.35. The van der Waals surface area contributed by atoms with Crippen LogP contribution in [0.3, 0.4) is 0 Å². The topological polar surface area (TPSA) is 108 Å². The second-order valence-electron chi connectivity index (χ2n) is 5.96. The van der Waals surface area contributed by atoms with Gasteiger partial charge in [0.2, 0.25) is 5.91 Å². The number of ether oxygens (including phenoxy) is 1. The molecule has 3 aromatic rings. The zero-order valence-corrected chi connectivity index (χ0v) is 14.5. The predicted octanol–water partition coefficient (Wildman–Crippen LogP) is 3.54. The molecule has 0 saturated carbocycles. The van der Waals surface area contributed by atoms with E-state index >= 15 is 0 Å². The van der Waals surface area contributed by atoms with Gasteiger partial charge in [-0.3, -0.25) is 14.9 Å². The van der Waals surface area contributed by atoms with Gasteiger partial charge in [-0.05, 0) is 43.2 Å². The number of benzene rings is 2. The predicted molar refractivity (Wildman–Crippen MR) is 95.5 cm³/mol. The van der Waals surface area contributed by atoms with E-state index in [2.05, 4.69) is 10.5 Å². The van der Waals surface area contributed by atoms with Gasteiger partial charge < -0.3 is 14.6 Å². The van der Waals surface area contributed by atoms with Crippen LogP contribution in [0.15, 0.2) is 34.9 Å². The highest BCUT2D eigenvalue weighted by molar-refractivity contribution is 5.95. The SMILES string of the molecule is COc1ccc(NC(=O)Cc2noc3c(C)cc(C)cc23)cc1[N+](=O)[O-]. The average Bonchev–Trinajstić information content (AvgIpc) is 2.97. The summed E-state index contributed by atoms with van der Waals surface area (Å²) in [5.41, 5.74) is 3.26. The van der Waals surface area contributed by atoms with Gasteiger partial charge in [0.25, 0.3) is 0 Å². The number of nitro benzene ring substituents is 1. The Labute approximate surface area is 148 Å². The number of fused-ring (bicyclic) bond motifs is 1. The van der Waals surface area contributed by atoms with Crippen LogP contribution in [-0.2, 0) is 11.2 Å². The molecule has 3 rings (SSSR count). The summed E-state index contributed by atoms with van der Waals surface area (Å²) < 4.78 is 10.3. The number of aromatic nitrogens is 1. The lowest BCUT2D eigenvalue weighted by Crippen LogP contribution is -2.15. The largest absolute Gasteiger partial charge is 0.490 e. The van der Waals surface area contributed by atoms with E-state index in [9.17, 15) is 14.9 Å². The molecule has 0 fully saturated rings. The number of carbonyl (C=O) groups excluding carboxylic acids is 1. The van der Waals surface area contributed by atoms with Crippen molar-refractivity contribution in [2.75, 3.05) is 12.4 Å². The zero-order valence-electron chi connectivity index (χ0n) is 14.5. The van der Waals surface area contributed by atoms with Crippen LogP contribution in [0.25, 0.3) is 11.0 Å². The Morgan fingerprint density at radius 1 is 1.31 bits per heavy atom. The molecule has 0 saturated heterocycles. The maximum atomic E-state index is 12.3. The van der Waals surface area contributed by atoms with E-state index in [0.29, 0.717) is 17.0 Å². The lowest BCUT2D eigenvalue weighted by molar-refractivity contribution is -0.385. The molecule has 0 atom stereocenters. The van der Waals surface area contributed by atoms with Gasteiger partial charge >= 0.3 is 5.69 Å². The summed E-state index contributed by atoms with van der Waals surface area (Å²) >= 11 is 0. The lowest BCUT2D eigenvalue weighted by Gasteiger charge is -2.06. The number of aryl methyl sites for hydroxylation is 2. The Bertz CT molecular complexity index is 1010. The maximum absolute atomic E-state index is 12.3. The van der Waals surface area contributed by atoms with E-state index in [1.54, 1.807) is 6.07 Å². The minimum Gasteiger partial charge on any atom is -0.490 e. The van der Waals surface area contributed by atoms with Crippen molar-refractivity contribution < 1.29 is 19.0 Å². The first-order chi connectivity index (χ1) is 12.4. The molecule has 0 aliphatic carbocycles. The zero-order chi connectivity index (χ0) is 18.8. The first kappa shape index (κ1) is 17.4. The highest BCUT2D eigenvalue weighted by Gasteiger charge is 2.18. The summed E-state index contributed by atoms with van der Waals surface area (Å²) in [6, 6.07) is 8.13. The third-order valence-electron chi connectivity index (χ3n) is 3.96. The normalized spacial score (nSPS) is 10.7. The number of carbonyl (C=O) groups is 1. The average molecular weight is 355 g/mol. The molecular formula is C18H17N3O5. The second-order valence-corrected chi connectivity index (χ2v) is 5.96. The minimum absolute atomic E-state index is 0.00425. The fourth-order valence-corrected chi connectivity index (χ4v) is 2.83. The molecule has 0 bridgehead atoms. The number of nitrogens with zero attached hydrogens (tertiary/aromatic N) is 2. The van der Waals surface area contributed by atoms with Crippen molar-refractivity contribution in [3.05, 3.63) is 57.3 Å². The van der Waals surface area contributed by atoms with E-state index in [-0.39, 0.29) is 23.8 Å². The molecular weight excluding hydrogens is 338 g/mol. The van der Waals surface area contributed by atoms with Gasteiger partial charge in [-0.1, -0.05) is 11.2 Å². The van der Waals surface area contributed by atoms with Crippen molar-refractivity contribution in [2.45, 2.75) is 20.3 Å². The van der Waals surface area contributed by atoms with Gasteiger partial charge in [-0.2, -0.15) is 0 Å². The summed E-state index contributed by atoms with van der Waals surface area (Å²) in [6.07, 6.45) is -0.00425. The number of hydrogen-bond acceptors (Lipinski definition) is 6. The van der Waals surface area contributed by atoms with E-state index in [1.807, 2.05) is 26.0 Å². The summed E-state index contributed by atoms with van der Waals surface area (Å²) in [5.74, 6) is -0.222. The van der Waals surface area contributed by atoms with Crippen LogP contribution in [0.1, 0.15) is 16.8 Å². The first-order valence-electron chi connectivity index (χ1n) is 7.87. The molecule has 0 aliphatic rings. The summed E-state index contributed by atoms with van der Waals surface area (Å²) in [6.45, 7) is 3.88. The van der Waals surface area contributed by atoms with E-state index in [4.69, 9.17) is 9.26 Å². The number of rotatable bonds is 5. The smallest absolute Gasteiger partial charge is 0.312 e. The molecule has 0 spiro atoms. The fraction of sp³-hybridized carbons (Fsp3) is 0.222. The van der Waals surface area contributed by atoms with Crippen LogP contribution in [0, 0.1) is 24.0 Å². The second kappa shape index (κ2) is 6.83. The number of nitrogens with one attached hydrogen (secondary N) is 1. The molecule has 1 heterocycles. The summed E-state index contributed by atoms with van der Waals surface area (Å²) in [5, 5.41) is 18.5.